The Labute approximate surface area is 108 Å². The van der Waals surface area contributed by atoms with E-state index in [0.29, 0.717) is 0 Å². The molecule has 0 radical (unpaired) electrons. The van der Waals surface area contributed by atoms with Crippen LogP contribution in [0.1, 0.15) is 64.7 Å². The van der Waals surface area contributed by atoms with Crippen LogP contribution < -0.4 is 5.73 Å². The second-order valence-electron chi connectivity index (χ2n) is 5.65. The van der Waals surface area contributed by atoms with E-state index in [9.17, 15) is 0 Å². The number of hydrogen-bond donors (Lipinski definition) is 1. The molecule has 17 heavy (non-hydrogen) atoms. The molecule has 1 heterocycles. The van der Waals surface area contributed by atoms with E-state index >= 15 is 0 Å². The summed E-state index contributed by atoms with van der Waals surface area (Å²) >= 11 is 0. The maximum absolute atomic E-state index is 5.65. The van der Waals surface area contributed by atoms with Gasteiger partial charge < -0.3 is 10.6 Å². The van der Waals surface area contributed by atoms with Crippen LogP contribution in [0.4, 0.5) is 0 Å². The van der Waals surface area contributed by atoms with Crippen LogP contribution >= 0.6 is 0 Å². The van der Waals surface area contributed by atoms with E-state index in [2.05, 4.69) is 11.8 Å². The first kappa shape index (κ1) is 15.0. The van der Waals surface area contributed by atoms with Gasteiger partial charge in [0.15, 0.2) is 0 Å². The van der Waals surface area contributed by atoms with Gasteiger partial charge in [-0.2, -0.15) is 0 Å². The highest BCUT2D eigenvalue weighted by Gasteiger charge is 2.18. The monoisotopic (exact) mass is 240 g/mol. The molecule has 1 fully saturated rings. The zero-order valence-electron chi connectivity index (χ0n) is 11.8. The van der Waals surface area contributed by atoms with Crippen LogP contribution in [0.2, 0.25) is 0 Å². The van der Waals surface area contributed by atoms with Crippen molar-refractivity contribution in [3.8, 4) is 0 Å². The van der Waals surface area contributed by atoms with Crippen molar-refractivity contribution in [2.24, 2.45) is 11.7 Å². The average molecular weight is 240 g/mol. The third kappa shape index (κ3) is 7.05. The third-order valence-electron chi connectivity index (χ3n) is 4.01. The van der Waals surface area contributed by atoms with Crippen molar-refractivity contribution in [2.75, 3.05) is 26.2 Å². The van der Waals surface area contributed by atoms with E-state index in [-0.39, 0.29) is 0 Å². The Morgan fingerprint density at radius 1 is 1.12 bits per heavy atom. The Balaban J connectivity index is 1.98. The van der Waals surface area contributed by atoms with Crippen molar-refractivity contribution in [1.29, 1.82) is 0 Å². The number of unbranched alkanes of at least 4 members (excludes halogenated alkanes) is 5. The van der Waals surface area contributed by atoms with Gasteiger partial charge in [-0.1, -0.05) is 39.0 Å². The first-order valence-electron chi connectivity index (χ1n) is 7.79. The molecule has 1 rings (SSSR count). The second kappa shape index (κ2) is 9.90. The number of nitrogens with two attached hydrogens (primary N) is 1. The molecule has 0 amide bonds. The van der Waals surface area contributed by atoms with Crippen molar-refractivity contribution in [2.45, 2.75) is 64.7 Å². The topological polar surface area (TPSA) is 29.3 Å². The lowest BCUT2D eigenvalue weighted by atomic mass is 9.94. The second-order valence-corrected chi connectivity index (χ2v) is 5.65. The zero-order chi connectivity index (χ0) is 12.3. The van der Waals surface area contributed by atoms with Gasteiger partial charge in [-0.25, -0.2) is 0 Å². The summed E-state index contributed by atoms with van der Waals surface area (Å²) in [6.07, 6.45) is 12.5. The minimum absolute atomic E-state index is 0.871. The summed E-state index contributed by atoms with van der Waals surface area (Å²) in [6, 6.07) is 0. The van der Waals surface area contributed by atoms with Crippen molar-refractivity contribution < 1.29 is 0 Å². The Morgan fingerprint density at radius 3 is 2.65 bits per heavy atom. The number of piperidine rings is 1. The molecule has 0 saturated carbocycles. The highest BCUT2D eigenvalue weighted by atomic mass is 15.1. The van der Waals surface area contributed by atoms with Gasteiger partial charge in [-0.05, 0) is 51.2 Å². The molecule has 1 aliphatic heterocycles. The average Bonchev–Trinajstić information content (AvgIpc) is 2.35. The lowest BCUT2D eigenvalue weighted by molar-refractivity contribution is 0.167. The van der Waals surface area contributed by atoms with Gasteiger partial charge in [0.1, 0.15) is 0 Å². The fourth-order valence-corrected chi connectivity index (χ4v) is 2.94. The molecule has 0 aliphatic carbocycles. The lowest BCUT2D eigenvalue weighted by Crippen LogP contribution is -2.36. The Bertz CT molecular complexity index is 168. The Hall–Kier alpha value is -0.0800. The van der Waals surface area contributed by atoms with Crippen LogP contribution in [0.5, 0.6) is 0 Å². The van der Waals surface area contributed by atoms with Crippen molar-refractivity contribution >= 4 is 0 Å². The molecule has 0 aromatic carbocycles. The van der Waals surface area contributed by atoms with Crippen LogP contribution in [-0.4, -0.2) is 31.1 Å². The van der Waals surface area contributed by atoms with Gasteiger partial charge in [0.2, 0.25) is 0 Å². The van der Waals surface area contributed by atoms with E-state index in [1.54, 1.807) is 0 Å². The predicted octanol–water partition coefficient (Wildman–Crippen LogP) is 3.41. The fourth-order valence-electron chi connectivity index (χ4n) is 2.94. The molecular formula is C15H32N2. The first-order chi connectivity index (χ1) is 8.36. The molecule has 102 valence electrons. The Morgan fingerprint density at radius 2 is 1.88 bits per heavy atom. The maximum Gasteiger partial charge on any atom is 0.00101 e. The molecule has 0 bridgehead atoms. The van der Waals surface area contributed by atoms with Crippen molar-refractivity contribution in [3.63, 3.8) is 0 Å². The molecule has 1 unspecified atom stereocenters. The van der Waals surface area contributed by atoms with Crippen LogP contribution in [0, 0.1) is 5.92 Å². The summed E-state index contributed by atoms with van der Waals surface area (Å²) in [5.41, 5.74) is 5.65. The number of rotatable bonds is 9. The molecule has 1 aliphatic rings. The normalized spacial score (nSPS) is 21.9. The maximum atomic E-state index is 5.65. The lowest BCUT2D eigenvalue weighted by Gasteiger charge is -2.32. The van der Waals surface area contributed by atoms with E-state index < -0.39 is 0 Å². The third-order valence-corrected chi connectivity index (χ3v) is 4.01. The number of likely N-dealkylation sites (tertiary alicyclic amines) is 1. The van der Waals surface area contributed by atoms with E-state index in [1.165, 1.54) is 77.4 Å². The van der Waals surface area contributed by atoms with Crippen molar-refractivity contribution in [1.82, 2.24) is 4.90 Å². The largest absolute Gasteiger partial charge is 0.330 e. The molecule has 1 atom stereocenters. The van der Waals surface area contributed by atoms with Crippen molar-refractivity contribution in [3.05, 3.63) is 0 Å². The smallest absolute Gasteiger partial charge is 0.00101 e. The quantitative estimate of drug-likeness (QED) is 0.626. The fraction of sp³-hybridized carbons (Fsp3) is 1.00. The van der Waals surface area contributed by atoms with Crippen LogP contribution in [0.15, 0.2) is 0 Å². The summed E-state index contributed by atoms with van der Waals surface area (Å²) in [4.78, 5) is 2.67. The SMILES string of the molecule is CCCCCCCCN1CCCC(CCN)C1. The molecule has 2 nitrogen and oxygen atoms in total. The molecular weight excluding hydrogens is 208 g/mol. The minimum atomic E-state index is 0.871. The molecule has 2 N–H and O–H groups in total. The van der Waals surface area contributed by atoms with Gasteiger partial charge in [0.25, 0.3) is 0 Å². The number of nitrogens with zero attached hydrogens (tertiary/aromatic N) is 1. The van der Waals surface area contributed by atoms with Crippen LogP contribution in [-0.2, 0) is 0 Å². The summed E-state index contributed by atoms with van der Waals surface area (Å²) in [6.45, 7) is 7.12. The summed E-state index contributed by atoms with van der Waals surface area (Å²) < 4.78 is 0. The zero-order valence-corrected chi connectivity index (χ0v) is 11.8. The van der Waals surface area contributed by atoms with E-state index in [1.807, 2.05) is 0 Å². The Kier molecular flexibility index (Phi) is 8.72. The van der Waals surface area contributed by atoms with Gasteiger partial charge in [0, 0.05) is 6.54 Å². The molecule has 0 aromatic heterocycles. The summed E-state index contributed by atoms with van der Waals surface area (Å²) in [5, 5.41) is 0. The number of hydrogen-bond acceptors (Lipinski definition) is 2. The molecule has 0 aromatic rings. The predicted molar refractivity (Wildman–Crippen MR) is 76.2 cm³/mol. The first-order valence-corrected chi connectivity index (χ1v) is 7.79. The van der Waals surface area contributed by atoms with Crippen LogP contribution in [0.25, 0.3) is 0 Å². The highest BCUT2D eigenvalue weighted by molar-refractivity contribution is 4.73. The van der Waals surface area contributed by atoms with Gasteiger partial charge in [-0.15, -0.1) is 0 Å². The van der Waals surface area contributed by atoms with Gasteiger partial charge in [-0.3, -0.25) is 0 Å². The van der Waals surface area contributed by atoms with Gasteiger partial charge in [0.05, 0.1) is 0 Å². The summed E-state index contributed by atoms with van der Waals surface area (Å²) in [7, 11) is 0. The minimum Gasteiger partial charge on any atom is -0.330 e. The van der Waals surface area contributed by atoms with E-state index in [0.717, 1.165) is 12.5 Å². The van der Waals surface area contributed by atoms with Crippen LogP contribution in [0.3, 0.4) is 0 Å². The van der Waals surface area contributed by atoms with E-state index in [4.69, 9.17) is 5.73 Å². The molecule has 1 saturated heterocycles. The van der Waals surface area contributed by atoms with Gasteiger partial charge >= 0.3 is 0 Å². The highest BCUT2D eigenvalue weighted by Crippen LogP contribution is 2.19. The molecule has 2 heteroatoms. The summed E-state index contributed by atoms with van der Waals surface area (Å²) in [5.74, 6) is 0.883. The standard InChI is InChI=1S/C15H32N2/c1-2-3-4-5-6-7-12-17-13-8-9-15(14-17)10-11-16/h15H,2-14,16H2,1H3. The molecule has 0 spiro atoms.